The molecule has 2 aliphatic rings. The van der Waals surface area contributed by atoms with Gasteiger partial charge in [-0.05, 0) is 50.7 Å². The number of nitrogens with zero attached hydrogens (tertiary/aromatic N) is 5. The monoisotopic (exact) mass is 504 g/mol. The summed E-state index contributed by atoms with van der Waals surface area (Å²) in [5.41, 5.74) is -0.848. The molecule has 35 heavy (non-hydrogen) atoms. The van der Waals surface area contributed by atoms with Crippen molar-refractivity contribution < 1.29 is 35.6 Å². The van der Waals surface area contributed by atoms with Crippen molar-refractivity contribution in [1.29, 1.82) is 0 Å². The normalized spacial score (nSPS) is 23.7. The predicted molar refractivity (Wildman–Crippen MR) is 111 cm³/mol. The van der Waals surface area contributed by atoms with Crippen molar-refractivity contribution in [1.82, 2.24) is 19.8 Å². The molecule has 4 atom stereocenters. The fraction of sp³-hybridized carbons (Fsp3) is 0.571. The Morgan fingerprint density at radius 3 is 2.37 bits per heavy atom. The van der Waals surface area contributed by atoms with Crippen LogP contribution in [0.2, 0.25) is 0 Å². The number of alkyl halides is 6. The summed E-state index contributed by atoms with van der Waals surface area (Å²) in [4.78, 5) is 6.19. The van der Waals surface area contributed by atoms with E-state index in [0.717, 1.165) is 31.5 Å². The van der Waals surface area contributed by atoms with E-state index in [-0.39, 0.29) is 23.8 Å². The fourth-order valence-corrected chi connectivity index (χ4v) is 4.85. The third-order valence-electron chi connectivity index (χ3n) is 6.56. The molecule has 2 unspecified atom stereocenters. The molecular weight excluding hydrogens is 482 g/mol. The zero-order valence-corrected chi connectivity index (χ0v) is 18.7. The van der Waals surface area contributed by atoms with Gasteiger partial charge in [-0.25, -0.2) is 4.52 Å². The molecule has 0 radical (unpaired) electrons. The van der Waals surface area contributed by atoms with Crippen LogP contribution in [0.5, 0.6) is 5.75 Å². The van der Waals surface area contributed by atoms with E-state index >= 15 is 0 Å². The van der Waals surface area contributed by atoms with E-state index in [2.05, 4.69) is 25.5 Å². The standard InChI is InChI=1S/C21H22F6N6O2/c1-10-7-16(35-31-10)32-8-12-3-4-13(9-32)17(12)28-19-29-18-14(34-11(2)20(22,23)24)5-6-15(21(25,26)27)33(18)30-19/h5-7,11-13,17H,3-4,8-9H2,1-2H3,(H,28,30)/t11?,12-,13+,17?. The molecule has 3 aromatic heterocycles. The van der Waals surface area contributed by atoms with Gasteiger partial charge in [0.25, 0.3) is 0 Å². The number of piperidine rings is 1. The molecule has 190 valence electrons. The number of nitrogens with one attached hydrogen (secondary N) is 1. The highest BCUT2D eigenvalue weighted by molar-refractivity contribution is 5.57. The number of rotatable bonds is 5. The summed E-state index contributed by atoms with van der Waals surface area (Å²) in [6.07, 6.45) is -9.95. The second-order valence-electron chi connectivity index (χ2n) is 9.03. The summed E-state index contributed by atoms with van der Waals surface area (Å²) < 4.78 is 90.4. The zero-order valence-electron chi connectivity index (χ0n) is 18.7. The lowest BCUT2D eigenvalue weighted by Crippen LogP contribution is -2.48. The minimum absolute atomic E-state index is 0.0999. The van der Waals surface area contributed by atoms with Crippen molar-refractivity contribution in [3.05, 3.63) is 29.6 Å². The number of pyridine rings is 1. The minimum Gasteiger partial charge on any atom is -0.477 e. The first kappa shape index (κ1) is 23.5. The van der Waals surface area contributed by atoms with Crippen LogP contribution in [0.1, 0.15) is 31.2 Å². The van der Waals surface area contributed by atoms with E-state index in [1.807, 2.05) is 13.0 Å². The lowest BCUT2D eigenvalue weighted by atomic mass is 9.92. The topological polar surface area (TPSA) is 80.7 Å². The van der Waals surface area contributed by atoms with Crippen molar-refractivity contribution in [3.63, 3.8) is 0 Å². The van der Waals surface area contributed by atoms with Crippen LogP contribution in [0.3, 0.4) is 0 Å². The molecule has 2 fully saturated rings. The van der Waals surface area contributed by atoms with Gasteiger partial charge in [-0.1, -0.05) is 5.16 Å². The van der Waals surface area contributed by atoms with Gasteiger partial charge in [0.2, 0.25) is 11.8 Å². The largest absolute Gasteiger partial charge is 0.477 e. The van der Waals surface area contributed by atoms with Crippen LogP contribution in [0.25, 0.3) is 5.65 Å². The number of ether oxygens (including phenoxy) is 1. The lowest BCUT2D eigenvalue weighted by Gasteiger charge is -2.37. The molecule has 4 heterocycles. The molecule has 0 spiro atoms. The van der Waals surface area contributed by atoms with Crippen LogP contribution in [-0.2, 0) is 6.18 Å². The Morgan fingerprint density at radius 2 is 1.80 bits per heavy atom. The summed E-state index contributed by atoms with van der Waals surface area (Å²) in [7, 11) is 0. The average Bonchev–Trinajstić information content (AvgIpc) is 3.43. The second kappa shape index (κ2) is 8.19. The van der Waals surface area contributed by atoms with Gasteiger partial charge < -0.3 is 19.5 Å². The van der Waals surface area contributed by atoms with E-state index in [1.54, 1.807) is 0 Å². The van der Waals surface area contributed by atoms with Crippen molar-refractivity contribution >= 4 is 17.5 Å². The molecule has 1 aliphatic carbocycles. The predicted octanol–water partition coefficient (Wildman–Crippen LogP) is 4.70. The van der Waals surface area contributed by atoms with E-state index in [9.17, 15) is 26.3 Å². The number of hydrogen-bond donors (Lipinski definition) is 1. The SMILES string of the molecule is Cc1cc(N2C[C@H]3CC[C@@H](C2)C3Nc2nc3c(OC(C)C(F)(F)F)ccc(C(F)(F)F)n3n2)on1. The molecule has 0 aromatic carbocycles. The highest BCUT2D eigenvalue weighted by Gasteiger charge is 2.44. The molecule has 1 N–H and O–H groups in total. The van der Waals surface area contributed by atoms with Crippen molar-refractivity contribution in [2.45, 2.75) is 51.2 Å². The Labute approximate surface area is 195 Å². The maximum atomic E-state index is 13.6. The zero-order chi connectivity index (χ0) is 25.1. The van der Waals surface area contributed by atoms with Crippen LogP contribution >= 0.6 is 0 Å². The molecule has 8 nitrogen and oxygen atoms in total. The first-order chi connectivity index (χ1) is 16.4. The van der Waals surface area contributed by atoms with Gasteiger partial charge in [0, 0.05) is 25.2 Å². The van der Waals surface area contributed by atoms with Crippen LogP contribution < -0.4 is 15.0 Å². The van der Waals surface area contributed by atoms with Gasteiger partial charge in [0.15, 0.2) is 17.5 Å². The summed E-state index contributed by atoms with van der Waals surface area (Å²) in [6.45, 7) is 3.90. The Balaban J connectivity index is 1.42. The molecule has 3 aromatic rings. The van der Waals surface area contributed by atoms with E-state index in [1.165, 1.54) is 0 Å². The molecule has 14 heteroatoms. The Hall–Kier alpha value is -3.19. The first-order valence-corrected chi connectivity index (χ1v) is 11.1. The van der Waals surface area contributed by atoms with Crippen LogP contribution in [0.4, 0.5) is 38.2 Å². The summed E-state index contributed by atoms with van der Waals surface area (Å²) in [5.74, 6) is 0.417. The maximum Gasteiger partial charge on any atom is 0.433 e. The quantitative estimate of drug-likeness (QED) is 0.505. The minimum atomic E-state index is -4.79. The Kier molecular flexibility index (Phi) is 5.51. The van der Waals surface area contributed by atoms with Crippen molar-refractivity contribution in [2.24, 2.45) is 11.8 Å². The summed E-state index contributed by atoms with van der Waals surface area (Å²) >= 11 is 0. The lowest BCUT2D eigenvalue weighted by molar-refractivity contribution is -0.189. The van der Waals surface area contributed by atoms with E-state index in [4.69, 9.17) is 9.26 Å². The number of fused-ring (bicyclic) bond motifs is 3. The molecule has 2 bridgehead atoms. The molecule has 5 rings (SSSR count). The molecular formula is C21H22F6N6O2. The number of aromatic nitrogens is 4. The van der Waals surface area contributed by atoms with Crippen molar-refractivity contribution in [3.8, 4) is 5.75 Å². The van der Waals surface area contributed by atoms with E-state index in [0.29, 0.717) is 29.6 Å². The van der Waals surface area contributed by atoms with E-state index < -0.39 is 35.5 Å². The third-order valence-corrected chi connectivity index (χ3v) is 6.56. The molecule has 1 saturated heterocycles. The van der Waals surface area contributed by atoms with Gasteiger partial charge in [0.05, 0.1) is 5.69 Å². The highest BCUT2D eigenvalue weighted by Crippen LogP contribution is 2.41. The number of anilines is 2. The number of aryl methyl sites for hydroxylation is 1. The van der Waals surface area contributed by atoms with Crippen LogP contribution in [-0.4, -0.2) is 51.2 Å². The van der Waals surface area contributed by atoms with Gasteiger partial charge in [-0.15, -0.1) is 5.10 Å². The highest BCUT2D eigenvalue weighted by atomic mass is 19.4. The number of halogens is 6. The molecule has 0 amide bonds. The van der Waals surface area contributed by atoms with Gasteiger partial charge >= 0.3 is 12.4 Å². The first-order valence-electron chi connectivity index (χ1n) is 11.1. The molecule has 1 saturated carbocycles. The molecule has 1 aliphatic heterocycles. The average molecular weight is 504 g/mol. The van der Waals surface area contributed by atoms with Gasteiger partial charge in [-0.2, -0.15) is 31.3 Å². The number of hydrogen-bond acceptors (Lipinski definition) is 7. The third kappa shape index (κ3) is 4.45. The van der Waals surface area contributed by atoms with Gasteiger partial charge in [-0.3, -0.25) is 0 Å². The van der Waals surface area contributed by atoms with Gasteiger partial charge in [0.1, 0.15) is 5.69 Å². The van der Waals surface area contributed by atoms with Crippen LogP contribution in [0, 0.1) is 18.8 Å². The summed E-state index contributed by atoms with van der Waals surface area (Å²) in [5, 5.41) is 11.0. The van der Waals surface area contributed by atoms with Crippen LogP contribution in [0.15, 0.2) is 22.7 Å². The maximum absolute atomic E-state index is 13.6. The smallest absolute Gasteiger partial charge is 0.433 e. The Bertz CT molecular complexity index is 1210. The fourth-order valence-electron chi connectivity index (χ4n) is 4.85. The Morgan fingerprint density at radius 1 is 1.11 bits per heavy atom. The second-order valence-corrected chi connectivity index (χ2v) is 9.03. The van der Waals surface area contributed by atoms with Crippen molar-refractivity contribution in [2.75, 3.05) is 23.3 Å². The summed E-state index contributed by atoms with van der Waals surface area (Å²) in [6, 6.07) is 3.20.